The molecule has 0 aromatic carbocycles. The van der Waals surface area contributed by atoms with Gasteiger partial charge in [-0.25, -0.2) is 4.79 Å². The number of ether oxygens (including phenoxy) is 1. The Kier molecular flexibility index (Phi) is 9.43. The number of hydrogen-bond acceptors (Lipinski definition) is 3. The van der Waals surface area contributed by atoms with E-state index in [4.69, 9.17) is 4.74 Å². The van der Waals surface area contributed by atoms with Gasteiger partial charge < -0.3 is 4.74 Å². The van der Waals surface area contributed by atoms with Crippen LogP contribution in [0.3, 0.4) is 0 Å². The Labute approximate surface area is 122 Å². The average molecular weight is 281 g/mol. The molecule has 114 valence electrons. The molecule has 0 saturated carbocycles. The summed E-state index contributed by atoms with van der Waals surface area (Å²) in [5.41, 5.74) is 0. The van der Waals surface area contributed by atoms with Gasteiger partial charge in [0.05, 0.1) is 12.6 Å². The smallest absolute Gasteiger partial charge is 0.410 e. The van der Waals surface area contributed by atoms with Crippen molar-refractivity contribution in [3.05, 3.63) is 25.3 Å². The zero-order valence-electron chi connectivity index (χ0n) is 12.9. The van der Waals surface area contributed by atoms with Crippen molar-refractivity contribution in [2.24, 2.45) is 5.92 Å². The van der Waals surface area contributed by atoms with Crippen molar-refractivity contribution in [2.75, 3.05) is 13.2 Å². The summed E-state index contributed by atoms with van der Waals surface area (Å²) < 4.78 is 5.29. The average Bonchev–Trinajstić information content (AvgIpc) is 2.43. The highest BCUT2D eigenvalue weighted by Crippen LogP contribution is 2.12. The van der Waals surface area contributed by atoms with Gasteiger partial charge in [-0.1, -0.05) is 25.5 Å². The lowest BCUT2D eigenvalue weighted by molar-refractivity contribution is -0.122. The van der Waals surface area contributed by atoms with E-state index in [2.05, 4.69) is 13.2 Å². The van der Waals surface area contributed by atoms with E-state index < -0.39 is 6.09 Å². The highest BCUT2D eigenvalue weighted by atomic mass is 16.6. The molecule has 1 amide bonds. The monoisotopic (exact) mass is 281 g/mol. The number of amides is 1. The molecule has 0 spiro atoms. The number of carbonyl (C=O) groups is 2. The zero-order valence-corrected chi connectivity index (χ0v) is 12.9. The number of likely N-dealkylation sites (N-methyl/N-ethyl adjacent to an activating group) is 1. The topological polar surface area (TPSA) is 46.6 Å². The molecule has 0 aromatic rings. The van der Waals surface area contributed by atoms with E-state index in [1.807, 2.05) is 13.8 Å². The third-order valence-corrected chi connectivity index (χ3v) is 3.21. The van der Waals surface area contributed by atoms with E-state index in [1.165, 1.54) is 11.8 Å². The van der Waals surface area contributed by atoms with E-state index in [9.17, 15) is 9.59 Å². The summed E-state index contributed by atoms with van der Waals surface area (Å²) in [4.78, 5) is 25.3. The molecule has 0 aromatic heterocycles. The molecule has 0 aliphatic rings. The van der Waals surface area contributed by atoms with Crippen molar-refractivity contribution >= 4 is 11.9 Å². The van der Waals surface area contributed by atoms with Gasteiger partial charge in [0.25, 0.3) is 0 Å². The summed E-state index contributed by atoms with van der Waals surface area (Å²) in [6.45, 7) is 13.5. The Hall–Kier alpha value is -1.58. The van der Waals surface area contributed by atoms with Gasteiger partial charge in [0.1, 0.15) is 0 Å². The molecule has 1 unspecified atom stereocenters. The normalized spacial score (nSPS) is 13.2. The van der Waals surface area contributed by atoms with Crippen LogP contribution in [0.2, 0.25) is 0 Å². The Morgan fingerprint density at radius 3 is 2.35 bits per heavy atom. The van der Waals surface area contributed by atoms with Crippen LogP contribution in [-0.4, -0.2) is 36.0 Å². The Morgan fingerprint density at radius 2 is 1.95 bits per heavy atom. The quantitative estimate of drug-likeness (QED) is 0.575. The van der Waals surface area contributed by atoms with Gasteiger partial charge in [-0.2, -0.15) is 0 Å². The molecular weight excluding hydrogens is 254 g/mol. The zero-order chi connectivity index (χ0) is 15.5. The second-order valence-electron chi connectivity index (χ2n) is 4.80. The minimum atomic E-state index is -0.433. The molecule has 0 fully saturated rings. The van der Waals surface area contributed by atoms with E-state index in [-0.39, 0.29) is 24.3 Å². The van der Waals surface area contributed by atoms with Crippen LogP contribution in [0.1, 0.15) is 40.0 Å². The SMILES string of the molecule is C=CCC(C=C)COC(=O)N(CC)[C@@H](CCC)C(C)=O. The first-order chi connectivity index (χ1) is 9.51. The fourth-order valence-corrected chi connectivity index (χ4v) is 2.04. The predicted molar refractivity (Wildman–Crippen MR) is 81.6 cm³/mol. The van der Waals surface area contributed by atoms with Crippen LogP contribution < -0.4 is 0 Å². The lowest BCUT2D eigenvalue weighted by atomic mass is 10.1. The summed E-state index contributed by atoms with van der Waals surface area (Å²) in [6, 6.07) is -0.390. The molecule has 0 saturated heterocycles. The van der Waals surface area contributed by atoms with Crippen molar-refractivity contribution in [2.45, 2.75) is 46.1 Å². The highest BCUT2D eigenvalue weighted by Gasteiger charge is 2.26. The van der Waals surface area contributed by atoms with Crippen molar-refractivity contribution in [3.8, 4) is 0 Å². The number of nitrogens with zero attached hydrogens (tertiary/aromatic N) is 1. The molecule has 4 nitrogen and oxygen atoms in total. The predicted octanol–water partition coefficient (Wildman–Crippen LogP) is 3.58. The van der Waals surface area contributed by atoms with Gasteiger partial charge in [0.2, 0.25) is 0 Å². The molecule has 0 aliphatic carbocycles. The first kappa shape index (κ1) is 18.4. The molecule has 4 heteroatoms. The van der Waals surface area contributed by atoms with E-state index in [1.54, 1.807) is 12.2 Å². The second kappa shape index (κ2) is 10.2. The third kappa shape index (κ3) is 6.04. The van der Waals surface area contributed by atoms with Crippen LogP contribution in [0, 0.1) is 5.92 Å². The largest absolute Gasteiger partial charge is 0.449 e. The molecule has 0 bridgehead atoms. The van der Waals surface area contributed by atoms with Crippen LogP contribution in [0.15, 0.2) is 25.3 Å². The summed E-state index contributed by atoms with van der Waals surface area (Å²) in [7, 11) is 0. The van der Waals surface area contributed by atoms with Gasteiger partial charge in [-0.05, 0) is 26.7 Å². The van der Waals surface area contributed by atoms with Crippen molar-refractivity contribution in [1.29, 1.82) is 0 Å². The lowest BCUT2D eigenvalue weighted by Gasteiger charge is -2.28. The molecule has 0 heterocycles. The fraction of sp³-hybridized carbons (Fsp3) is 0.625. The summed E-state index contributed by atoms with van der Waals surface area (Å²) in [5, 5.41) is 0. The van der Waals surface area contributed by atoms with E-state index in [0.29, 0.717) is 19.4 Å². The molecule has 0 radical (unpaired) electrons. The van der Waals surface area contributed by atoms with E-state index in [0.717, 1.165) is 6.42 Å². The van der Waals surface area contributed by atoms with Crippen LogP contribution in [0.5, 0.6) is 0 Å². The summed E-state index contributed by atoms with van der Waals surface area (Å²) >= 11 is 0. The molecular formula is C16H27NO3. The maximum absolute atomic E-state index is 12.1. The van der Waals surface area contributed by atoms with Crippen LogP contribution in [0.4, 0.5) is 4.79 Å². The molecule has 2 atom stereocenters. The van der Waals surface area contributed by atoms with Gasteiger partial charge >= 0.3 is 6.09 Å². The second-order valence-corrected chi connectivity index (χ2v) is 4.80. The van der Waals surface area contributed by atoms with Crippen LogP contribution in [0.25, 0.3) is 0 Å². The van der Waals surface area contributed by atoms with Crippen molar-refractivity contribution in [3.63, 3.8) is 0 Å². The van der Waals surface area contributed by atoms with Crippen molar-refractivity contribution < 1.29 is 14.3 Å². The highest BCUT2D eigenvalue weighted by molar-refractivity contribution is 5.85. The van der Waals surface area contributed by atoms with Gasteiger partial charge in [-0.3, -0.25) is 9.69 Å². The maximum Gasteiger partial charge on any atom is 0.410 e. The first-order valence-corrected chi connectivity index (χ1v) is 7.18. The number of carbonyl (C=O) groups excluding carboxylic acids is 2. The molecule has 0 N–H and O–H groups in total. The lowest BCUT2D eigenvalue weighted by Crippen LogP contribution is -2.44. The summed E-state index contributed by atoms with van der Waals surface area (Å²) in [5.74, 6) is 0.0640. The molecule has 0 rings (SSSR count). The molecule has 0 aliphatic heterocycles. The number of Topliss-reactive ketones (excluding diaryl/α,β-unsaturated/α-hetero) is 1. The van der Waals surface area contributed by atoms with Crippen LogP contribution in [-0.2, 0) is 9.53 Å². The van der Waals surface area contributed by atoms with Crippen molar-refractivity contribution in [1.82, 2.24) is 4.90 Å². The Bertz CT molecular complexity index is 339. The maximum atomic E-state index is 12.1. The number of hydrogen-bond donors (Lipinski definition) is 0. The number of allylic oxidation sites excluding steroid dienone is 1. The van der Waals surface area contributed by atoms with Gasteiger partial charge in [0, 0.05) is 12.5 Å². The Morgan fingerprint density at radius 1 is 1.30 bits per heavy atom. The number of ketones is 1. The summed E-state index contributed by atoms with van der Waals surface area (Å²) in [6.07, 6.45) is 5.31. The number of rotatable bonds is 10. The standard InChI is InChI=1S/C16H27NO3/c1-6-10-14(8-3)12-20-16(19)17(9-4)15(11-7-2)13(5)18/h6,8,14-15H,1,3,7,9-12H2,2,4-5H3/t14?,15-/m0/s1. The van der Waals surface area contributed by atoms with Gasteiger partial charge in [-0.15, -0.1) is 13.2 Å². The molecule has 20 heavy (non-hydrogen) atoms. The Balaban J connectivity index is 4.63. The third-order valence-electron chi connectivity index (χ3n) is 3.21. The minimum Gasteiger partial charge on any atom is -0.449 e. The van der Waals surface area contributed by atoms with E-state index >= 15 is 0 Å². The fourth-order valence-electron chi connectivity index (χ4n) is 2.04. The first-order valence-electron chi connectivity index (χ1n) is 7.18. The minimum absolute atomic E-state index is 0.00277. The van der Waals surface area contributed by atoms with Gasteiger partial charge in [0.15, 0.2) is 5.78 Å². The van der Waals surface area contributed by atoms with Crippen LogP contribution >= 0.6 is 0 Å².